The van der Waals surface area contributed by atoms with Gasteiger partial charge in [-0.25, -0.2) is 0 Å². The van der Waals surface area contributed by atoms with Gasteiger partial charge in [-0.1, -0.05) is 45.6 Å². The molecule has 0 bridgehead atoms. The van der Waals surface area contributed by atoms with Crippen molar-refractivity contribution in [3.63, 3.8) is 0 Å². The first-order valence-electron chi connectivity index (χ1n) is 6.21. The van der Waals surface area contributed by atoms with Gasteiger partial charge >= 0.3 is 0 Å². The van der Waals surface area contributed by atoms with Gasteiger partial charge in [0.1, 0.15) is 0 Å². The fourth-order valence-corrected chi connectivity index (χ4v) is 2.63. The minimum Gasteiger partial charge on any atom is -0.0897 e. The average molecular weight is 230 g/mol. The molecule has 1 aliphatic heterocycles. The Balaban J connectivity index is 1.47. The van der Waals surface area contributed by atoms with E-state index in [2.05, 4.69) is 0 Å². The molecule has 0 unspecified atom stereocenters. The van der Waals surface area contributed by atoms with Crippen LogP contribution >= 0.6 is 0 Å². The summed E-state index contributed by atoms with van der Waals surface area (Å²) in [5.74, 6) is 0. The van der Waals surface area contributed by atoms with Crippen molar-refractivity contribution in [2.75, 3.05) is 0 Å². The van der Waals surface area contributed by atoms with Crippen molar-refractivity contribution in [3.8, 4) is 0 Å². The van der Waals surface area contributed by atoms with Gasteiger partial charge in [-0.2, -0.15) is 0 Å². The zero-order valence-corrected chi connectivity index (χ0v) is 9.34. The summed E-state index contributed by atoms with van der Waals surface area (Å²) in [7, 11) is 0. The normalized spacial score (nSPS) is 31.5. The molecule has 6 heteroatoms. The van der Waals surface area contributed by atoms with Crippen molar-refractivity contribution in [2.24, 2.45) is 0 Å². The lowest BCUT2D eigenvalue weighted by Crippen LogP contribution is -2.46. The van der Waals surface area contributed by atoms with Crippen molar-refractivity contribution < 1.29 is 20.0 Å². The zero-order chi connectivity index (χ0) is 10.8. The number of hydrogen-bond donors (Lipinski definition) is 0. The van der Waals surface area contributed by atoms with Gasteiger partial charge in [-0.15, -0.1) is 0 Å². The van der Waals surface area contributed by atoms with Crippen molar-refractivity contribution in [1.29, 1.82) is 0 Å². The van der Waals surface area contributed by atoms with Crippen LogP contribution in [0.1, 0.15) is 51.4 Å². The predicted molar refractivity (Wildman–Crippen MR) is 52.5 cm³/mol. The Labute approximate surface area is 94.7 Å². The van der Waals surface area contributed by atoms with Gasteiger partial charge in [0.25, 0.3) is 0 Å². The number of rotatable bonds is 2. The summed E-state index contributed by atoms with van der Waals surface area (Å²) in [5, 5.41) is 2.66. The second-order valence-electron chi connectivity index (χ2n) is 4.75. The third-order valence-electron chi connectivity index (χ3n) is 3.61. The van der Waals surface area contributed by atoms with Gasteiger partial charge in [0.2, 0.25) is 0 Å². The Bertz CT molecular complexity index is 197. The van der Waals surface area contributed by atoms with Crippen LogP contribution in [0, 0.1) is 0 Å². The Kier molecular flexibility index (Phi) is 3.37. The minimum atomic E-state index is 0.255. The lowest BCUT2D eigenvalue weighted by Gasteiger charge is -2.33. The summed E-state index contributed by atoms with van der Waals surface area (Å²) < 4.78 is 0. The molecular formula is C10H18N2O4. The number of nitrogens with zero attached hydrogens (tertiary/aromatic N) is 2. The minimum absolute atomic E-state index is 0.255. The van der Waals surface area contributed by atoms with Crippen LogP contribution in [0.5, 0.6) is 0 Å². The molecule has 0 aromatic rings. The van der Waals surface area contributed by atoms with Crippen LogP contribution in [0.3, 0.4) is 0 Å². The standard InChI is InChI=1S/C10H18N2O4/c1-2-6-9(5-1)11-13-15-12(16-14-11)10-7-3-4-8-10/h9-10H,1-8H2. The second-order valence-corrected chi connectivity index (χ2v) is 4.75. The third kappa shape index (κ3) is 2.22. The van der Waals surface area contributed by atoms with E-state index in [-0.39, 0.29) is 12.1 Å². The largest absolute Gasteiger partial charge is 0.0897 e. The van der Waals surface area contributed by atoms with Crippen LogP contribution in [0.4, 0.5) is 0 Å². The number of hydroxylamine groups is 4. The monoisotopic (exact) mass is 230 g/mol. The molecule has 1 saturated heterocycles. The maximum Gasteiger partial charge on any atom is 0.0691 e. The Morgan fingerprint density at radius 2 is 0.875 bits per heavy atom. The fourth-order valence-electron chi connectivity index (χ4n) is 2.63. The Morgan fingerprint density at radius 1 is 0.562 bits per heavy atom. The molecule has 2 aliphatic carbocycles. The maximum absolute atomic E-state index is 5.10. The highest BCUT2D eigenvalue weighted by Gasteiger charge is 2.35. The summed E-state index contributed by atoms with van der Waals surface area (Å²) in [6.07, 6.45) is 9.10. The molecule has 0 spiro atoms. The highest BCUT2D eigenvalue weighted by Crippen LogP contribution is 2.29. The highest BCUT2D eigenvalue weighted by molar-refractivity contribution is 4.70. The fraction of sp³-hybridized carbons (Fsp3) is 1.00. The van der Waals surface area contributed by atoms with Crippen LogP contribution < -0.4 is 0 Å². The van der Waals surface area contributed by atoms with E-state index >= 15 is 0 Å². The van der Waals surface area contributed by atoms with Crippen LogP contribution in [0.2, 0.25) is 0 Å². The number of hydrogen-bond acceptors (Lipinski definition) is 6. The van der Waals surface area contributed by atoms with E-state index in [1.807, 2.05) is 0 Å². The topological polar surface area (TPSA) is 43.4 Å². The molecule has 0 N–H and O–H groups in total. The van der Waals surface area contributed by atoms with Crippen LogP contribution in [0.15, 0.2) is 0 Å². The van der Waals surface area contributed by atoms with Gasteiger partial charge in [-0.05, 0) is 25.7 Å². The van der Waals surface area contributed by atoms with Crippen molar-refractivity contribution in [1.82, 2.24) is 10.5 Å². The van der Waals surface area contributed by atoms with Crippen molar-refractivity contribution in [2.45, 2.75) is 63.5 Å². The van der Waals surface area contributed by atoms with E-state index in [1.54, 1.807) is 0 Å². The van der Waals surface area contributed by atoms with Crippen molar-refractivity contribution >= 4 is 0 Å². The van der Waals surface area contributed by atoms with E-state index in [0.717, 1.165) is 25.7 Å². The molecule has 0 atom stereocenters. The van der Waals surface area contributed by atoms with Crippen molar-refractivity contribution in [3.05, 3.63) is 0 Å². The van der Waals surface area contributed by atoms with Gasteiger partial charge in [0, 0.05) is 10.5 Å². The van der Waals surface area contributed by atoms with Gasteiger partial charge in [-0.3, -0.25) is 0 Å². The lowest BCUT2D eigenvalue weighted by molar-refractivity contribution is -0.790. The third-order valence-corrected chi connectivity index (χ3v) is 3.61. The summed E-state index contributed by atoms with van der Waals surface area (Å²) in [5.41, 5.74) is 0. The summed E-state index contributed by atoms with van der Waals surface area (Å²) >= 11 is 0. The summed E-state index contributed by atoms with van der Waals surface area (Å²) in [6.45, 7) is 0. The Morgan fingerprint density at radius 3 is 1.19 bits per heavy atom. The highest BCUT2D eigenvalue weighted by atomic mass is 17.6. The van der Waals surface area contributed by atoms with E-state index in [4.69, 9.17) is 20.0 Å². The maximum atomic E-state index is 5.10. The molecule has 3 fully saturated rings. The lowest BCUT2D eigenvalue weighted by atomic mass is 10.3. The molecule has 2 saturated carbocycles. The second kappa shape index (κ2) is 4.95. The van der Waals surface area contributed by atoms with E-state index < -0.39 is 0 Å². The molecule has 1 heterocycles. The van der Waals surface area contributed by atoms with E-state index in [9.17, 15) is 0 Å². The SMILES string of the molecule is C1CCC(N2OON(C3CCCC3)OO2)C1. The van der Waals surface area contributed by atoms with Gasteiger partial charge in [0.15, 0.2) is 0 Å². The molecule has 0 aromatic carbocycles. The first kappa shape index (κ1) is 10.9. The quantitative estimate of drug-likeness (QED) is 0.676. The van der Waals surface area contributed by atoms with Gasteiger partial charge in [0.05, 0.1) is 12.1 Å². The predicted octanol–water partition coefficient (Wildman–Crippen LogP) is 2.05. The molecule has 3 aliphatic rings. The first-order valence-corrected chi connectivity index (χ1v) is 6.21. The van der Waals surface area contributed by atoms with E-state index in [1.165, 1.54) is 36.1 Å². The molecular weight excluding hydrogens is 212 g/mol. The zero-order valence-electron chi connectivity index (χ0n) is 9.34. The molecule has 0 aromatic heterocycles. The smallest absolute Gasteiger partial charge is 0.0691 e. The molecule has 16 heavy (non-hydrogen) atoms. The summed E-state index contributed by atoms with van der Waals surface area (Å²) in [6, 6.07) is 0.511. The molecule has 0 radical (unpaired) electrons. The molecule has 0 amide bonds. The molecule has 6 nitrogen and oxygen atoms in total. The molecule has 92 valence electrons. The van der Waals surface area contributed by atoms with Gasteiger partial charge < -0.3 is 0 Å². The Hall–Kier alpha value is -0.240. The average Bonchev–Trinajstić information content (AvgIpc) is 3.03. The van der Waals surface area contributed by atoms with Crippen LogP contribution in [-0.2, 0) is 20.0 Å². The van der Waals surface area contributed by atoms with Crippen LogP contribution in [0.25, 0.3) is 0 Å². The summed E-state index contributed by atoms with van der Waals surface area (Å²) in [4.78, 5) is 20.4. The first-order chi connectivity index (χ1) is 7.93. The van der Waals surface area contributed by atoms with Crippen LogP contribution in [-0.4, -0.2) is 22.5 Å². The van der Waals surface area contributed by atoms with E-state index in [0.29, 0.717) is 0 Å². The molecule has 3 rings (SSSR count).